The molecule has 0 aliphatic carbocycles. The summed E-state index contributed by atoms with van der Waals surface area (Å²) in [5, 5.41) is 11.7. The van der Waals surface area contributed by atoms with Gasteiger partial charge in [-0.15, -0.1) is 0 Å². The molecule has 8 nitrogen and oxygen atoms in total. The van der Waals surface area contributed by atoms with Crippen molar-refractivity contribution < 1.29 is 41.5 Å². The Hall–Kier alpha value is -3.12. The van der Waals surface area contributed by atoms with Gasteiger partial charge in [0.1, 0.15) is 23.3 Å². The minimum absolute atomic E-state index is 0.0776. The first-order valence-corrected chi connectivity index (χ1v) is 13.8. The van der Waals surface area contributed by atoms with Crippen molar-refractivity contribution in [1.29, 1.82) is 0 Å². The lowest BCUT2D eigenvalue weighted by Crippen LogP contribution is -2.31. The number of alkyl halides is 3. The summed E-state index contributed by atoms with van der Waals surface area (Å²) < 4.78 is 64.4. The number of carbonyl (C=O) groups excluding carboxylic acids is 1. The topological polar surface area (TPSA) is 105 Å². The number of nitrogens with one attached hydrogen (secondary N) is 1. The number of aryl methyl sites for hydroxylation is 1. The molecule has 2 aromatic carbocycles. The number of benzene rings is 2. The molecule has 39 heavy (non-hydrogen) atoms. The number of hydrogen-bond donors (Lipinski definition) is 2. The van der Waals surface area contributed by atoms with E-state index in [1.807, 2.05) is 6.92 Å². The number of alkyl carbamates (subject to hydrolysis) is 1. The third-order valence-corrected chi connectivity index (χ3v) is 7.05. The number of amides is 1. The van der Waals surface area contributed by atoms with E-state index in [9.17, 15) is 27.0 Å². The van der Waals surface area contributed by atoms with E-state index < -0.39 is 34.8 Å². The number of unbranched alkanes of at least 4 members (excludes halogenated alkanes) is 1. The molecule has 0 radical (unpaired) electrons. The fourth-order valence-corrected chi connectivity index (χ4v) is 4.75. The Morgan fingerprint density at radius 3 is 2.36 bits per heavy atom. The van der Waals surface area contributed by atoms with Crippen LogP contribution in [0.2, 0.25) is 0 Å². The number of nitrogens with zero attached hydrogens (tertiary/aromatic N) is 1. The van der Waals surface area contributed by atoms with Crippen LogP contribution >= 0.6 is 0 Å². The minimum Gasteiger partial charge on any atom is -0.492 e. The third kappa shape index (κ3) is 11.3. The maximum atomic E-state index is 13.1. The molecule has 216 valence electrons. The van der Waals surface area contributed by atoms with Crippen molar-refractivity contribution in [3.63, 3.8) is 0 Å². The molecule has 0 spiro atoms. The Labute approximate surface area is 229 Å². The standard InChI is InChI=1S/C27H35F3N2O6S/c1-4-5-14-32(39(36)24-11-8-22(9-12-24)27(28,29)30)15-16-37-23-10-6-20(7-13-25(33)34)21(17-23)18-31-26(35)38-19(2)3/h6,8-12,17,19H,4-5,7,13-16,18H2,1-3H3,(H,31,35)(H,33,34). The Kier molecular flexibility index (Phi) is 12.7. The minimum atomic E-state index is -4.47. The van der Waals surface area contributed by atoms with Gasteiger partial charge < -0.3 is 19.9 Å². The van der Waals surface area contributed by atoms with Crippen molar-refractivity contribution in [2.45, 2.75) is 70.2 Å². The molecule has 2 aromatic rings. The van der Waals surface area contributed by atoms with Crippen molar-refractivity contribution in [2.24, 2.45) is 0 Å². The zero-order chi connectivity index (χ0) is 29.0. The van der Waals surface area contributed by atoms with Crippen LogP contribution in [0, 0.1) is 0 Å². The molecule has 0 heterocycles. The summed E-state index contributed by atoms with van der Waals surface area (Å²) >= 11 is 0. The summed E-state index contributed by atoms with van der Waals surface area (Å²) in [4.78, 5) is 23.2. The van der Waals surface area contributed by atoms with Crippen LogP contribution in [0.3, 0.4) is 0 Å². The second kappa shape index (κ2) is 15.5. The molecule has 0 fully saturated rings. The monoisotopic (exact) mass is 572 g/mol. The van der Waals surface area contributed by atoms with Gasteiger partial charge in [-0.05, 0) is 74.2 Å². The van der Waals surface area contributed by atoms with Gasteiger partial charge in [0.05, 0.1) is 16.6 Å². The molecule has 0 aromatic heterocycles. The quantitative estimate of drug-likeness (QED) is 0.290. The van der Waals surface area contributed by atoms with E-state index in [1.54, 1.807) is 36.4 Å². The highest BCUT2D eigenvalue weighted by Crippen LogP contribution is 2.29. The molecule has 0 aliphatic heterocycles. The number of aliphatic carboxylic acids is 1. The Bertz CT molecular complexity index is 1110. The van der Waals surface area contributed by atoms with Gasteiger partial charge >= 0.3 is 18.2 Å². The molecule has 12 heteroatoms. The maximum Gasteiger partial charge on any atom is 0.416 e. The van der Waals surface area contributed by atoms with Crippen molar-refractivity contribution in [3.8, 4) is 5.75 Å². The molecule has 0 aliphatic rings. The molecule has 1 amide bonds. The van der Waals surface area contributed by atoms with Crippen LogP contribution < -0.4 is 10.1 Å². The molecular weight excluding hydrogens is 537 g/mol. The lowest BCUT2D eigenvalue weighted by Gasteiger charge is -2.22. The van der Waals surface area contributed by atoms with E-state index in [4.69, 9.17) is 14.6 Å². The van der Waals surface area contributed by atoms with Gasteiger partial charge in [0, 0.05) is 26.1 Å². The summed E-state index contributed by atoms with van der Waals surface area (Å²) in [7, 11) is -1.68. The fourth-order valence-electron chi connectivity index (χ4n) is 3.55. The lowest BCUT2D eigenvalue weighted by molar-refractivity contribution is -0.138. The highest BCUT2D eigenvalue weighted by atomic mass is 32.2. The number of halogens is 3. The van der Waals surface area contributed by atoms with E-state index >= 15 is 0 Å². The van der Waals surface area contributed by atoms with Gasteiger partial charge in [-0.3, -0.25) is 4.79 Å². The van der Waals surface area contributed by atoms with Crippen molar-refractivity contribution in [2.75, 3.05) is 19.7 Å². The molecule has 0 saturated heterocycles. The highest BCUT2D eigenvalue weighted by molar-refractivity contribution is 7.82. The second-order valence-corrected chi connectivity index (χ2v) is 10.5. The Balaban J connectivity index is 2.09. The summed E-state index contributed by atoms with van der Waals surface area (Å²) in [5.41, 5.74) is 0.606. The first-order chi connectivity index (χ1) is 18.4. The molecule has 0 saturated carbocycles. The van der Waals surface area contributed by atoms with Crippen molar-refractivity contribution in [1.82, 2.24) is 9.62 Å². The Morgan fingerprint density at radius 2 is 1.77 bits per heavy atom. The van der Waals surface area contributed by atoms with E-state index in [2.05, 4.69) is 5.32 Å². The van der Waals surface area contributed by atoms with Crippen molar-refractivity contribution in [3.05, 3.63) is 59.2 Å². The first-order valence-electron chi connectivity index (χ1n) is 12.7. The molecule has 1 unspecified atom stereocenters. The number of rotatable bonds is 15. The third-order valence-electron chi connectivity index (χ3n) is 5.54. The summed E-state index contributed by atoms with van der Waals surface area (Å²) in [6.45, 7) is 6.40. The van der Waals surface area contributed by atoms with Gasteiger partial charge in [-0.25, -0.2) is 13.3 Å². The van der Waals surface area contributed by atoms with Crippen LogP contribution in [-0.2, 0) is 39.7 Å². The van der Waals surface area contributed by atoms with Gasteiger partial charge in [0.25, 0.3) is 0 Å². The summed E-state index contributed by atoms with van der Waals surface area (Å²) in [6, 6.07) is 9.40. The maximum absolute atomic E-state index is 13.1. The van der Waals surface area contributed by atoms with Crippen molar-refractivity contribution >= 4 is 23.0 Å². The summed E-state index contributed by atoms with van der Waals surface area (Å²) in [5.74, 6) is -0.472. The average molecular weight is 573 g/mol. The second-order valence-electron chi connectivity index (χ2n) is 9.03. The normalized spacial score (nSPS) is 12.4. The van der Waals surface area contributed by atoms with E-state index in [0.29, 0.717) is 17.9 Å². The molecule has 1 atom stereocenters. The fraction of sp³-hybridized carbons (Fsp3) is 0.481. The Morgan fingerprint density at radius 1 is 1.08 bits per heavy atom. The molecular formula is C27H35F3N2O6S. The number of carboxylic acid groups (broad SMARTS) is 1. The SMILES string of the molecule is CCCCN(CCOc1ccc(CCC(=O)O)c(CNC(=O)OC(C)C)c1)S(=O)c1ccc(C(F)(F)F)cc1. The number of hydrogen-bond acceptors (Lipinski definition) is 5. The predicted molar refractivity (Wildman–Crippen MR) is 141 cm³/mol. The number of carbonyl (C=O) groups is 2. The largest absolute Gasteiger partial charge is 0.492 e. The zero-order valence-corrected chi connectivity index (χ0v) is 23.1. The van der Waals surface area contributed by atoms with E-state index in [0.717, 1.165) is 30.5 Å². The van der Waals surface area contributed by atoms with Crippen LogP contribution in [0.4, 0.5) is 18.0 Å². The van der Waals surface area contributed by atoms with Crippen LogP contribution in [0.15, 0.2) is 47.4 Å². The molecule has 2 rings (SSSR count). The zero-order valence-electron chi connectivity index (χ0n) is 22.3. The average Bonchev–Trinajstić information content (AvgIpc) is 2.87. The lowest BCUT2D eigenvalue weighted by atomic mass is 10.0. The molecule has 0 bridgehead atoms. The van der Waals surface area contributed by atoms with E-state index in [-0.39, 0.29) is 43.5 Å². The van der Waals surface area contributed by atoms with Crippen LogP contribution in [0.5, 0.6) is 5.75 Å². The first kappa shape index (κ1) is 32.1. The predicted octanol–water partition coefficient (Wildman–Crippen LogP) is 5.56. The number of carboxylic acids is 1. The van der Waals surface area contributed by atoms with Gasteiger partial charge in [-0.2, -0.15) is 13.2 Å². The van der Waals surface area contributed by atoms with Crippen LogP contribution in [0.1, 0.15) is 56.7 Å². The number of ether oxygens (including phenoxy) is 2. The van der Waals surface area contributed by atoms with Gasteiger partial charge in [-0.1, -0.05) is 19.4 Å². The van der Waals surface area contributed by atoms with E-state index in [1.165, 1.54) is 12.1 Å². The summed E-state index contributed by atoms with van der Waals surface area (Å²) in [6.07, 6.45) is -3.59. The smallest absolute Gasteiger partial charge is 0.416 e. The van der Waals surface area contributed by atoms with Crippen LogP contribution in [-0.4, -0.2) is 51.5 Å². The highest BCUT2D eigenvalue weighted by Gasteiger charge is 2.30. The van der Waals surface area contributed by atoms with Gasteiger partial charge in [0.15, 0.2) is 0 Å². The molecule has 2 N–H and O–H groups in total. The van der Waals surface area contributed by atoms with Crippen LogP contribution in [0.25, 0.3) is 0 Å². The van der Waals surface area contributed by atoms with Gasteiger partial charge in [0.2, 0.25) is 0 Å².